The van der Waals surface area contributed by atoms with Gasteiger partial charge in [0, 0.05) is 48.1 Å². The summed E-state index contributed by atoms with van der Waals surface area (Å²) in [5, 5.41) is 6.99. The number of halogens is 3. The Bertz CT molecular complexity index is 994. The lowest BCUT2D eigenvalue weighted by molar-refractivity contribution is 0.415. The molecule has 2 aliphatic heterocycles. The number of H-pyrrole nitrogens is 1. The van der Waals surface area contributed by atoms with Crippen LogP contribution in [0.5, 0.6) is 0 Å². The number of hydrogen-bond acceptors (Lipinski definition) is 5. The first-order valence-corrected chi connectivity index (χ1v) is 9.40. The van der Waals surface area contributed by atoms with Gasteiger partial charge in [-0.1, -0.05) is 6.08 Å². The summed E-state index contributed by atoms with van der Waals surface area (Å²) in [7, 11) is 0. The van der Waals surface area contributed by atoms with Gasteiger partial charge in [0.2, 0.25) is 0 Å². The minimum Gasteiger partial charge on any atom is -0.363 e. The third kappa shape index (κ3) is 4.31. The van der Waals surface area contributed by atoms with Crippen LogP contribution in [-0.2, 0) is 6.54 Å². The molecule has 0 atom stereocenters. The van der Waals surface area contributed by atoms with Gasteiger partial charge in [0.05, 0.1) is 28.0 Å². The monoisotopic (exact) mass is 457 g/mol. The summed E-state index contributed by atoms with van der Waals surface area (Å²) < 4.78 is 1.20. The number of hydrogen-bond donors (Lipinski definition) is 3. The van der Waals surface area contributed by atoms with Crippen LogP contribution in [0.4, 0.5) is 5.69 Å². The molecule has 3 aromatic rings. The van der Waals surface area contributed by atoms with E-state index in [-0.39, 0.29) is 37.2 Å². The van der Waals surface area contributed by atoms with Crippen LogP contribution < -0.4 is 10.6 Å². The Morgan fingerprint density at radius 1 is 1.14 bits per heavy atom. The SMILES string of the molecule is C1=C(Nc2ccc3ncsc3c2)c2cc[nH]c2CN1C1=CCNCC1.Cl.Cl.Cl. The van der Waals surface area contributed by atoms with Crippen molar-refractivity contribution in [3.05, 3.63) is 65.2 Å². The second kappa shape index (κ2) is 9.67. The molecule has 0 spiro atoms. The number of benzene rings is 1. The standard InChI is InChI=1S/C19H19N5S.3ClH/c1-2-16-19(25-12-22-16)9-13(1)23-18-11-24(14-3-6-20-7-4-14)10-17-15(18)5-8-21-17;;;/h1-3,5,8-9,11-12,20-21,23H,4,6-7,10H2;3*1H. The van der Waals surface area contributed by atoms with E-state index >= 15 is 0 Å². The average Bonchev–Trinajstić information content (AvgIpc) is 3.31. The molecule has 3 N–H and O–H groups in total. The van der Waals surface area contributed by atoms with E-state index < -0.39 is 0 Å². The van der Waals surface area contributed by atoms with Crippen LogP contribution in [0.2, 0.25) is 0 Å². The van der Waals surface area contributed by atoms with Crippen LogP contribution in [0.15, 0.2) is 53.9 Å². The van der Waals surface area contributed by atoms with Crippen molar-refractivity contribution >= 4 is 70.2 Å². The van der Waals surface area contributed by atoms with Crippen molar-refractivity contribution in [1.82, 2.24) is 20.2 Å². The number of nitrogens with zero attached hydrogens (tertiary/aromatic N) is 2. The van der Waals surface area contributed by atoms with Crippen molar-refractivity contribution in [2.24, 2.45) is 0 Å². The molecule has 0 aliphatic carbocycles. The molecule has 5 rings (SSSR count). The highest BCUT2D eigenvalue weighted by Crippen LogP contribution is 2.31. The van der Waals surface area contributed by atoms with Gasteiger partial charge in [-0.2, -0.15) is 0 Å². The van der Waals surface area contributed by atoms with Crippen molar-refractivity contribution in [3.63, 3.8) is 0 Å². The minimum atomic E-state index is 0. The average molecular weight is 459 g/mol. The van der Waals surface area contributed by atoms with E-state index in [1.807, 2.05) is 11.7 Å². The molecule has 0 bridgehead atoms. The molecule has 0 saturated heterocycles. The Morgan fingerprint density at radius 3 is 2.86 bits per heavy atom. The van der Waals surface area contributed by atoms with Gasteiger partial charge in [0.25, 0.3) is 0 Å². The lowest BCUT2D eigenvalue weighted by atomic mass is 10.1. The first kappa shape index (κ1) is 22.6. The van der Waals surface area contributed by atoms with Gasteiger partial charge in [0.1, 0.15) is 0 Å². The number of nitrogens with one attached hydrogen (secondary N) is 3. The predicted molar refractivity (Wildman–Crippen MR) is 125 cm³/mol. The summed E-state index contributed by atoms with van der Waals surface area (Å²) in [5.41, 5.74) is 9.05. The number of fused-ring (bicyclic) bond motifs is 2. The normalized spacial score (nSPS) is 15.4. The minimum absolute atomic E-state index is 0. The fraction of sp³-hybridized carbons (Fsp3) is 0.211. The van der Waals surface area contributed by atoms with Gasteiger partial charge in [-0.3, -0.25) is 0 Å². The molecule has 28 heavy (non-hydrogen) atoms. The number of thiazole rings is 1. The number of anilines is 1. The largest absolute Gasteiger partial charge is 0.363 e. The van der Waals surface area contributed by atoms with Crippen LogP contribution in [0.3, 0.4) is 0 Å². The highest BCUT2D eigenvalue weighted by atomic mass is 35.5. The van der Waals surface area contributed by atoms with E-state index in [0.717, 1.165) is 43.0 Å². The van der Waals surface area contributed by atoms with Crippen LogP contribution in [0.1, 0.15) is 17.7 Å². The van der Waals surface area contributed by atoms with Crippen molar-refractivity contribution in [2.45, 2.75) is 13.0 Å². The van der Waals surface area contributed by atoms with Gasteiger partial charge in [0.15, 0.2) is 0 Å². The Hall–Kier alpha value is -1.70. The smallest absolute Gasteiger partial charge is 0.0813 e. The van der Waals surface area contributed by atoms with Crippen LogP contribution in [-0.4, -0.2) is 28.0 Å². The molecular weight excluding hydrogens is 437 g/mol. The molecule has 2 aliphatic rings. The summed E-state index contributed by atoms with van der Waals surface area (Å²) in [6, 6.07) is 8.48. The second-order valence-corrected chi connectivity index (χ2v) is 7.24. The molecule has 5 nitrogen and oxygen atoms in total. The molecule has 0 fully saturated rings. The summed E-state index contributed by atoms with van der Waals surface area (Å²) in [5.74, 6) is 0. The topological polar surface area (TPSA) is 56.0 Å². The van der Waals surface area contributed by atoms with Crippen LogP contribution >= 0.6 is 48.6 Å². The highest BCUT2D eigenvalue weighted by Gasteiger charge is 2.21. The maximum absolute atomic E-state index is 4.36. The molecule has 150 valence electrons. The fourth-order valence-electron chi connectivity index (χ4n) is 3.47. The van der Waals surface area contributed by atoms with Crippen molar-refractivity contribution in [1.29, 1.82) is 0 Å². The number of rotatable bonds is 3. The predicted octanol–water partition coefficient (Wildman–Crippen LogP) is 4.99. The van der Waals surface area contributed by atoms with Gasteiger partial charge < -0.3 is 20.5 Å². The molecule has 0 saturated carbocycles. The van der Waals surface area contributed by atoms with Gasteiger partial charge >= 0.3 is 0 Å². The Morgan fingerprint density at radius 2 is 2.04 bits per heavy atom. The molecular formula is C19H22Cl3N5S. The third-order valence-electron chi connectivity index (χ3n) is 4.76. The van der Waals surface area contributed by atoms with E-state index in [1.165, 1.54) is 21.7 Å². The molecule has 0 unspecified atom stereocenters. The lowest BCUT2D eigenvalue weighted by Crippen LogP contribution is -2.29. The summed E-state index contributed by atoms with van der Waals surface area (Å²) in [6.07, 6.45) is 7.61. The van der Waals surface area contributed by atoms with Crippen molar-refractivity contribution in [2.75, 3.05) is 18.4 Å². The molecule has 2 aromatic heterocycles. The van der Waals surface area contributed by atoms with E-state index in [2.05, 4.69) is 62.0 Å². The summed E-state index contributed by atoms with van der Waals surface area (Å²) >= 11 is 1.67. The lowest BCUT2D eigenvalue weighted by Gasteiger charge is -2.31. The molecule has 0 amide bonds. The summed E-state index contributed by atoms with van der Waals surface area (Å²) in [4.78, 5) is 10.1. The molecule has 1 aromatic carbocycles. The number of aromatic nitrogens is 2. The van der Waals surface area contributed by atoms with Gasteiger partial charge in [-0.05, 0) is 30.7 Å². The molecule has 4 heterocycles. The Labute approximate surface area is 186 Å². The van der Waals surface area contributed by atoms with Gasteiger partial charge in [-0.15, -0.1) is 48.6 Å². The van der Waals surface area contributed by atoms with Crippen molar-refractivity contribution < 1.29 is 0 Å². The maximum atomic E-state index is 4.36. The molecule has 9 heteroatoms. The quantitative estimate of drug-likeness (QED) is 0.517. The van der Waals surface area contributed by atoms with Crippen LogP contribution in [0.25, 0.3) is 15.9 Å². The fourth-order valence-corrected chi connectivity index (χ4v) is 4.19. The van der Waals surface area contributed by atoms with E-state index in [9.17, 15) is 0 Å². The zero-order valence-corrected chi connectivity index (χ0v) is 18.2. The van der Waals surface area contributed by atoms with Crippen LogP contribution in [0, 0.1) is 0 Å². The highest BCUT2D eigenvalue weighted by molar-refractivity contribution is 7.16. The first-order chi connectivity index (χ1) is 12.4. The molecule has 0 radical (unpaired) electrons. The van der Waals surface area contributed by atoms with E-state index in [0.29, 0.717) is 0 Å². The van der Waals surface area contributed by atoms with E-state index in [4.69, 9.17) is 0 Å². The summed E-state index contributed by atoms with van der Waals surface area (Å²) in [6.45, 7) is 2.88. The maximum Gasteiger partial charge on any atom is 0.0813 e. The Kier molecular flexibility index (Phi) is 7.80. The first-order valence-electron chi connectivity index (χ1n) is 8.52. The Balaban J connectivity index is 0.000000934. The second-order valence-electron chi connectivity index (χ2n) is 6.35. The number of aromatic amines is 1. The van der Waals surface area contributed by atoms with Gasteiger partial charge in [-0.25, -0.2) is 4.98 Å². The zero-order chi connectivity index (χ0) is 16.6. The van der Waals surface area contributed by atoms with E-state index in [1.54, 1.807) is 11.3 Å². The third-order valence-corrected chi connectivity index (χ3v) is 5.55. The zero-order valence-electron chi connectivity index (χ0n) is 15.0. The van der Waals surface area contributed by atoms with Crippen molar-refractivity contribution in [3.8, 4) is 0 Å².